The van der Waals surface area contributed by atoms with E-state index in [1.165, 1.54) is 6.07 Å². The molecule has 0 aliphatic heterocycles. The summed E-state index contributed by atoms with van der Waals surface area (Å²) in [5.74, 6) is -0.487. The normalized spacial score (nSPS) is 11.3. The highest BCUT2D eigenvalue weighted by atomic mass is 32.2. The van der Waals surface area contributed by atoms with E-state index in [4.69, 9.17) is 10.5 Å². The van der Waals surface area contributed by atoms with Gasteiger partial charge in [-0.05, 0) is 47.7 Å². The zero-order valence-corrected chi connectivity index (χ0v) is 13.7. The fourth-order valence-corrected chi connectivity index (χ4v) is 2.54. The molecule has 0 radical (unpaired) electrons. The lowest BCUT2D eigenvalue weighted by Crippen LogP contribution is -2.14. The van der Waals surface area contributed by atoms with Crippen LogP contribution in [0, 0.1) is 0 Å². The molecule has 0 atom stereocenters. The number of primary amides is 1. The van der Waals surface area contributed by atoms with Gasteiger partial charge in [0.2, 0.25) is 5.91 Å². The molecule has 0 spiro atoms. The first-order valence-corrected chi connectivity index (χ1v) is 8.30. The summed E-state index contributed by atoms with van der Waals surface area (Å²) in [4.78, 5) is 12.5. The number of carbonyl (C=O) groups is 1. The highest BCUT2D eigenvalue weighted by Gasteiger charge is 2.26. The molecule has 0 aromatic heterocycles. The third kappa shape index (κ3) is 5.19. The lowest BCUT2D eigenvalue weighted by atomic mass is 10.0. The molecule has 0 fully saturated rings. The summed E-state index contributed by atoms with van der Waals surface area (Å²) < 4.78 is 41.9. The molecule has 7 heteroatoms. The highest BCUT2D eigenvalue weighted by molar-refractivity contribution is 7.98. The Balaban J connectivity index is 2.32. The van der Waals surface area contributed by atoms with Gasteiger partial charge >= 0.3 is 6.18 Å². The van der Waals surface area contributed by atoms with E-state index in [1.807, 2.05) is 30.5 Å². The number of alkyl halides is 3. The van der Waals surface area contributed by atoms with Gasteiger partial charge in [0.25, 0.3) is 0 Å². The van der Waals surface area contributed by atoms with Crippen LogP contribution in [0.5, 0.6) is 5.75 Å². The Kier molecular flexibility index (Phi) is 5.77. The minimum atomic E-state index is -4.29. The molecule has 2 N–H and O–H groups in total. The second kappa shape index (κ2) is 7.61. The average Bonchev–Trinajstić information content (AvgIpc) is 2.53. The minimum absolute atomic E-state index is 0.181. The van der Waals surface area contributed by atoms with Gasteiger partial charge in [0, 0.05) is 10.5 Å². The van der Waals surface area contributed by atoms with Crippen LogP contribution in [0.25, 0.3) is 11.1 Å². The number of benzene rings is 2. The Morgan fingerprint density at radius 1 is 1.17 bits per heavy atom. The number of rotatable bonds is 6. The van der Waals surface area contributed by atoms with Crippen LogP contribution >= 0.6 is 11.8 Å². The molecule has 1 amide bonds. The Morgan fingerprint density at radius 2 is 1.92 bits per heavy atom. The molecule has 24 heavy (non-hydrogen) atoms. The number of nitrogens with two attached hydrogens (primary N) is 1. The quantitative estimate of drug-likeness (QED) is 0.776. The Bertz CT molecular complexity index is 732. The van der Waals surface area contributed by atoms with Crippen molar-refractivity contribution < 1.29 is 22.7 Å². The van der Waals surface area contributed by atoms with Gasteiger partial charge in [-0.1, -0.05) is 12.1 Å². The van der Waals surface area contributed by atoms with Crippen molar-refractivity contribution in [2.75, 3.05) is 12.9 Å². The predicted octanol–water partition coefficient (Wildman–Crippen LogP) is 4.51. The highest BCUT2D eigenvalue weighted by Crippen LogP contribution is 2.29. The van der Waals surface area contributed by atoms with Gasteiger partial charge in [-0.25, -0.2) is 0 Å². The van der Waals surface area contributed by atoms with Crippen molar-refractivity contribution in [2.45, 2.75) is 17.5 Å². The van der Waals surface area contributed by atoms with E-state index in [2.05, 4.69) is 0 Å². The molecule has 0 aliphatic rings. The Labute approximate surface area is 142 Å². The van der Waals surface area contributed by atoms with E-state index in [0.717, 1.165) is 10.5 Å². The van der Waals surface area contributed by atoms with Gasteiger partial charge in [-0.15, -0.1) is 11.8 Å². The van der Waals surface area contributed by atoms with Crippen LogP contribution in [0.3, 0.4) is 0 Å². The number of hydrogen-bond acceptors (Lipinski definition) is 3. The van der Waals surface area contributed by atoms with Crippen molar-refractivity contribution in [2.24, 2.45) is 5.73 Å². The summed E-state index contributed by atoms with van der Waals surface area (Å²) in [6.07, 6.45) is -3.42. The predicted molar refractivity (Wildman–Crippen MR) is 88.3 cm³/mol. The average molecular weight is 355 g/mol. The number of thioether (sulfide) groups is 1. The van der Waals surface area contributed by atoms with E-state index >= 15 is 0 Å². The maximum atomic E-state index is 12.2. The van der Waals surface area contributed by atoms with Gasteiger partial charge in [0.05, 0.1) is 13.0 Å². The van der Waals surface area contributed by atoms with Crippen LogP contribution < -0.4 is 10.5 Å². The maximum absolute atomic E-state index is 12.2. The van der Waals surface area contributed by atoms with Crippen LogP contribution in [0.1, 0.15) is 16.8 Å². The number of amides is 1. The smallest absolute Gasteiger partial charge is 0.392 e. The lowest BCUT2D eigenvalue weighted by molar-refractivity contribution is -0.139. The Hall–Kier alpha value is -2.15. The van der Waals surface area contributed by atoms with Gasteiger partial charge in [0.15, 0.2) is 0 Å². The van der Waals surface area contributed by atoms with Crippen LogP contribution in [-0.2, 0) is 0 Å². The van der Waals surface area contributed by atoms with Gasteiger partial charge in [0.1, 0.15) is 5.75 Å². The molecule has 0 unspecified atom stereocenters. The van der Waals surface area contributed by atoms with Crippen molar-refractivity contribution in [3.8, 4) is 16.9 Å². The monoisotopic (exact) mass is 355 g/mol. The van der Waals surface area contributed by atoms with Crippen molar-refractivity contribution in [1.29, 1.82) is 0 Å². The van der Waals surface area contributed by atoms with E-state index in [1.54, 1.807) is 23.9 Å². The summed E-state index contributed by atoms with van der Waals surface area (Å²) in [5.41, 5.74) is 6.97. The van der Waals surface area contributed by atoms with Gasteiger partial charge in [-0.2, -0.15) is 13.2 Å². The number of hydrogen-bond donors (Lipinski definition) is 1. The molecular formula is C17H16F3NO2S. The summed E-state index contributed by atoms with van der Waals surface area (Å²) in [5, 5.41) is 0. The summed E-state index contributed by atoms with van der Waals surface area (Å²) >= 11 is 1.56. The standard InChI is InChI=1S/C17H16F3NO2S/c1-24-15-4-2-3-11(10-15)12-7-13(16(21)22)9-14(8-12)23-6-5-17(18,19)20/h2-4,7-10H,5-6H2,1H3,(H2,21,22). The molecule has 0 saturated heterocycles. The first kappa shape index (κ1) is 18.2. The lowest BCUT2D eigenvalue weighted by Gasteiger charge is -2.12. The maximum Gasteiger partial charge on any atom is 0.392 e. The summed E-state index contributed by atoms with van der Waals surface area (Å²) in [6, 6.07) is 12.1. The number of ether oxygens (including phenoxy) is 1. The van der Waals surface area contributed by atoms with Crippen molar-refractivity contribution in [3.63, 3.8) is 0 Å². The molecule has 2 aromatic rings. The largest absolute Gasteiger partial charge is 0.493 e. The van der Waals surface area contributed by atoms with E-state index in [-0.39, 0.29) is 11.3 Å². The topological polar surface area (TPSA) is 52.3 Å². The van der Waals surface area contributed by atoms with Crippen molar-refractivity contribution in [3.05, 3.63) is 48.0 Å². The SMILES string of the molecule is CSc1cccc(-c2cc(OCCC(F)(F)F)cc(C(N)=O)c2)c1. The molecule has 0 heterocycles. The molecule has 0 saturated carbocycles. The molecule has 2 rings (SSSR count). The first-order chi connectivity index (χ1) is 11.3. The van der Waals surface area contributed by atoms with Crippen LogP contribution in [0.2, 0.25) is 0 Å². The molecule has 0 aliphatic carbocycles. The molecule has 128 valence electrons. The molecule has 2 aromatic carbocycles. The van der Waals surface area contributed by atoms with Crippen molar-refractivity contribution >= 4 is 17.7 Å². The van der Waals surface area contributed by atoms with Crippen LogP contribution in [-0.4, -0.2) is 24.9 Å². The molecule has 0 bridgehead atoms. The summed E-state index contributed by atoms with van der Waals surface area (Å²) in [6.45, 7) is -0.518. The second-order valence-electron chi connectivity index (χ2n) is 5.06. The zero-order valence-electron chi connectivity index (χ0n) is 12.9. The Morgan fingerprint density at radius 3 is 2.54 bits per heavy atom. The van der Waals surface area contributed by atoms with E-state index in [9.17, 15) is 18.0 Å². The van der Waals surface area contributed by atoms with Gasteiger partial charge < -0.3 is 10.5 Å². The molecular weight excluding hydrogens is 339 g/mol. The first-order valence-electron chi connectivity index (χ1n) is 7.07. The third-order valence-corrected chi connectivity index (χ3v) is 3.97. The fraction of sp³-hybridized carbons (Fsp3) is 0.235. The number of carbonyl (C=O) groups excluding carboxylic acids is 1. The second-order valence-corrected chi connectivity index (χ2v) is 5.94. The van der Waals surface area contributed by atoms with Crippen LogP contribution in [0.15, 0.2) is 47.4 Å². The van der Waals surface area contributed by atoms with Crippen LogP contribution in [0.4, 0.5) is 13.2 Å². The van der Waals surface area contributed by atoms with Crippen molar-refractivity contribution in [1.82, 2.24) is 0 Å². The number of halogens is 3. The molecule has 3 nitrogen and oxygen atoms in total. The zero-order chi connectivity index (χ0) is 17.7. The third-order valence-electron chi connectivity index (χ3n) is 3.25. The summed E-state index contributed by atoms with van der Waals surface area (Å²) in [7, 11) is 0. The fourth-order valence-electron chi connectivity index (χ4n) is 2.08. The van der Waals surface area contributed by atoms with Gasteiger partial charge in [-0.3, -0.25) is 4.79 Å². The van der Waals surface area contributed by atoms with E-state index < -0.39 is 25.1 Å². The minimum Gasteiger partial charge on any atom is -0.493 e. The van der Waals surface area contributed by atoms with E-state index in [0.29, 0.717) is 5.56 Å².